The van der Waals surface area contributed by atoms with Gasteiger partial charge in [-0.3, -0.25) is 5.43 Å². The quantitative estimate of drug-likeness (QED) is 0.570. The first kappa shape index (κ1) is 12.1. The molecule has 4 N–H and O–H groups in total. The highest BCUT2D eigenvalue weighted by Crippen LogP contribution is 2.29. The zero-order valence-electron chi connectivity index (χ0n) is 10.8. The number of ether oxygens (including phenoxy) is 1. The average Bonchev–Trinajstić information content (AvgIpc) is 2.41. The number of nitrogens with two attached hydrogens (primary N) is 1. The van der Waals surface area contributed by atoms with Crippen molar-refractivity contribution in [2.24, 2.45) is 5.84 Å². The number of rotatable bonds is 4. The summed E-state index contributed by atoms with van der Waals surface area (Å²) in [5.74, 6) is 6.65. The Labute approximate surface area is 111 Å². The summed E-state index contributed by atoms with van der Waals surface area (Å²) in [5, 5.41) is 4.44. The fraction of sp³-hybridized carbons (Fsp3) is 0.385. The normalized spacial score (nSPS) is 22.0. The fourth-order valence-corrected chi connectivity index (χ4v) is 2.32. The van der Waals surface area contributed by atoms with Gasteiger partial charge >= 0.3 is 0 Å². The summed E-state index contributed by atoms with van der Waals surface area (Å²) < 4.78 is 5.28. The van der Waals surface area contributed by atoms with Crippen molar-refractivity contribution < 1.29 is 4.74 Å². The average molecular weight is 259 g/mol. The first-order chi connectivity index (χ1) is 9.30. The zero-order chi connectivity index (χ0) is 13.2. The van der Waals surface area contributed by atoms with Crippen LogP contribution >= 0.6 is 0 Å². The molecule has 2 aromatic rings. The van der Waals surface area contributed by atoms with E-state index in [-0.39, 0.29) is 0 Å². The van der Waals surface area contributed by atoms with Gasteiger partial charge in [-0.05, 0) is 25.0 Å². The van der Waals surface area contributed by atoms with Crippen molar-refractivity contribution >= 4 is 22.7 Å². The number of hydrazine groups is 1. The monoisotopic (exact) mass is 259 g/mol. The number of nitrogen functional groups attached to an aromatic ring is 1. The van der Waals surface area contributed by atoms with Gasteiger partial charge in [-0.25, -0.2) is 10.8 Å². The fourth-order valence-electron chi connectivity index (χ4n) is 2.32. The molecule has 3 rings (SSSR count). The van der Waals surface area contributed by atoms with Gasteiger partial charge in [-0.1, -0.05) is 12.1 Å². The van der Waals surface area contributed by atoms with Crippen molar-refractivity contribution in [1.29, 1.82) is 0 Å². The summed E-state index contributed by atoms with van der Waals surface area (Å²) in [7, 11) is 1.75. The molecule has 0 atom stereocenters. The van der Waals surface area contributed by atoms with Gasteiger partial charge in [-0.2, -0.15) is 4.98 Å². The summed E-state index contributed by atoms with van der Waals surface area (Å²) >= 11 is 0. The number of methoxy groups -OCH3 is 1. The predicted molar refractivity (Wildman–Crippen MR) is 74.8 cm³/mol. The molecule has 1 aliphatic rings. The van der Waals surface area contributed by atoms with Gasteiger partial charge in [0.2, 0.25) is 5.95 Å². The second-order valence-electron chi connectivity index (χ2n) is 4.73. The SMILES string of the molecule is COC1CC(Nc2nc(NN)nc3ccccc23)C1. The van der Waals surface area contributed by atoms with E-state index in [1.165, 1.54) is 0 Å². The summed E-state index contributed by atoms with van der Waals surface area (Å²) in [5.41, 5.74) is 3.37. The van der Waals surface area contributed by atoms with Crippen molar-refractivity contribution in [2.45, 2.75) is 25.0 Å². The van der Waals surface area contributed by atoms with Crippen LogP contribution in [0.3, 0.4) is 0 Å². The minimum Gasteiger partial charge on any atom is -0.381 e. The molecule has 19 heavy (non-hydrogen) atoms. The molecule has 1 aliphatic carbocycles. The molecule has 1 aromatic carbocycles. The van der Waals surface area contributed by atoms with Crippen LogP contribution in [-0.2, 0) is 4.74 Å². The number of anilines is 2. The van der Waals surface area contributed by atoms with Crippen molar-refractivity contribution in [2.75, 3.05) is 17.9 Å². The van der Waals surface area contributed by atoms with Crippen molar-refractivity contribution in [3.63, 3.8) is 0 Å². The number of para-hydroxylation sites is 1. The van der Waals surface area contributed by atoms with Crippen LogP contribution in [0.15, 0.2) is 24.3 Å². The Morgan fingerprint density at radius 3 is 2.79 bits per heavy atom. The minimum atomic E-state index is 0.359. The van der Waals surface area contributed by atoms with Crippen LogP contribution in [0.1, 0.15) is 12.8 Å². The lowest BCUT2D eigenvalue weighted by Gasteiger charge is -2.35. The molecular formula is C13H17N5O. The molecule has 1 fully saturated rings. The van der Waals surface area contributed by atoms with Crippen LogP contribution in [-0.4, -0.2) is 29.2 Å². The second kappa shape index (κ2) is 4.99. The van der Waals surface area contributed by atoms with Gasteiger partial charge in [0.15, 0.2) is 0 Å². The Bertz CT molecular complexity index is 582. The van der Waals surface area contributed by atoms with Crippen molar-refractivity contribution in [3.8, 4) is 0 Å². The molecule has 0 amide bonds. The Hall–Kier alpha value is -1.92. The van der Waals surface area contributed by atoms with Gasteiger partial charge in [0.1, 0.15) is 5.82 Å². The maximum atomic E-state index is 5.41. The Kier molecular flexibility index (Phi) is 3.18. The molecule has 0 aliphatic heterocycles. The number of fused-ring (bicyclic) bond motifs is 1. The first-order valence-corrected chi connectivity index (χ1v) is 6.33. The van der Waals surface area contributed by atoms with Gasteiger partial charge in [0.05, 0.1) is 11.6 Å². The highest BCUT2D eigenvalue weighted by Gasteiger charge is 2.29. The lowest BCUT2D eigenvalue weighted by atomic mass is 9.89. The predicted octanol–water partition coefficient (Wildman–Crippen LogP) is 1.50. The van der Waals surface area contributed by atoms with Crippen LogP contribution in [0.2, 0.25) is 0 Å². The van der Waals surface area contributed by atoms with E-state index in [0.717, 1.165) is 29.6 Å². The lowest BCUT2D eigenvalue weighted by Crippen LogP contribution is -2.40. The van der Waals surface area contributed by atoms with Crippen molar-refractivity contribution in [3.05, 3.63) is 24.3 Å². The largest absolute Gasteiger partial charge is 0.381 e. The standard InChI is InChI=1S/C13H17N5O/c1-19-9-6-8(7-9)15-12-10-4-2-3-5-11(10)16-13(17-12)18-14/h2-5,8-9H,6-7,14H2,1H3,(H2,15,16,17,18). The second-order valence-corrected chi connectivity index (χ2v) is 4.73. The number of nitrogens with one attached hydrogen (secondary N) is 2. The van der Waals surface area contributed by atoms with E-state index in [4.69, 9.17) is 10.6 Å². The molecule has 0 saturated heterocycles. The molecule has 100 valence electrons. The summed E-state index contributed by atoms with van der Waals surface area (Å²) in [4.78, 5) is 8.72. The Morgan fingerprint density at radius 2 is 2.05 bits per heavy atom. The van der Waals surface area contributed by atoms with Gasteiger partial charge in [0, 0.05) is 18.5 Å². The highest BCUT2D eigenvalue weighted by molar-refractivity contribution is 5.90. The Balaban J connectivity index is 1.89. The van der Waals surface area contributed by atoms with E-state index < -0.39 is 0 Å². The number of hydrogen-bond acceptors (Lipinski definition) is 6. The highest BCUT2D eigenvalue weighted by atomic mass is 16.5. The van der Waals surface area contributed by atoms with E-state index in [1.54, 1.807) is 7.11 Å². The van der Waals surface area contributed by atoms with Crippen LogP contribution in [0.4, 0.5) is 11.8 Å². The molecule has 0 spiro atoms. The van der Waals surface area contributed by atoms with Gasteiger partial charge in [-0.15, -0.1) is 0 Å². The summed E-state index contributed by atoms with van der Waals surface area (Å²) in [6, 6.07) is 8.27. The van der Waals surface area contributed by atoms with E-state index in [1.807, 2.05) is 24.3 Å². The topological polar surface area (TPSA) is 85.1 Å². The molecule has 0 bridgehead atoms. The molecular weight excluding hydrogens is 242 g/mol. The molecule has 1 aromatic heterocycles. The van der Waals surface area contributed by atoms with E-state index >= 15 is 0 Å². The van der Waals surface area contributed by atoms with E-state index in [2.05, 4.69) is 20.7 Å². The maximum absolute atomic E-state index is 5.41. The third kappa shape index (κ3) is 2.32. The number of nitrogens with zero attached hydrogens (tertiary/aromatic N) is 2. The smallest absolute Gasteiger partial charge is 0.239 e. The van der Waals surface area contributed by atoms with Crippen molar-refractivity contribution in [1.82, 2.24) is 9.97 Å². The first-order valence-electron chi connectivity index (χ1n) is 6.33. The molecule has 1 heterocycles. The lowest BCUT2D eigenvalue weighted by molar-refractivity contribution is 0.0328. The van der Waals surface area contributed by atoms with Crippen LogP contribution in [0, 0.1) is 0 Å². The van der Waals surface area contributed by atoms with Gasteiger partial charge in [0.25, 0.3) is 0 Å². The zero-order valence-corrected chi connectivity index (χ0v) is 10.8. The molecule has 1 saturated carbocycles. The molecule has 6 heteroatoms. The molecule has 6 nitrogen and oxygen atoms in total. The van der Waals surface area contributed by atoms with Crippen LogP contribution < -0.4 is 16.6 Å². The maximum Gasteiger partial charge on any atom is 0.239 e. The summed E-state index contributed by atoms with van der Waals surface area (Å²) in [6.45, 7) is 0. The van der Waals surface area contributed by atoms with Crippen LogP contribution in [0.25, 0.3) is 10.9 Å². The third-order valence-corrected chi connectivity index (χ3v) is 3.50. The van der Waals surface area contributed by atoms with E-state index in [0.29, 0.717) is 18.1 Å². The number of hydrogen-bond donors (Lipinski definition) is 3. The Morgan fingerprint density at radius 1 is 1.26 bits per heavy atom. The minimum absolute atomic E-state index is 0.359. The summed E-state index contributed by atoms with van der Waals surface area (Å²) in [6.07, 6.45) is 2.36. The van der Waals surface area contributed by atoms with Gasteiger partial charge < -0.3 is 10.1 Å². The number of aromatic nitrogens is 2. The number of benzene rings is 1. The molecule has 0 unspecified atom stereocenters. The van der Waals surface area contributed by atoms with Crippen LogP contribution in [0.5, 0.6) is 0 Å². The molecule has 0 radical (unpaired) electrons. The third-order valence-electron chi connectivity index (χ3n) is 3.50. The van der Waals surface area contributed by atoms with E-state index in [9.17, 15) is 0 Å².